The Morgan fingerprint density at radius 3 is 2.57 bits per heavy atom. The number of nitrogens with one attached hydrogen (secondary N) is 1. The van der Waals surface area contributed by atoms with E-state index in [0.29, 0.717) is 6.54 Å². The maximum atomic E-state index is 12.2. The molecule has 1 aliphatic heterocycles. The zero-order valence-electron chi connectivity index (χ0n) is 11.7. The number of hydrogen-bond donors (Lipinski definition) is 3. The Balaban J connectivity index is 2.11. The van der Waals surface area contributed by atoms with Gasteiger partial charge in [0, 0.05) is 12.6 Å². The third-order valence-electron chi connectivity index (χ3n) is 3.81. The van der Waals surface area contributed by atoms with E-state index in [4.69, 9.17) is 23.2 Å². The largest absolute Gasteiger partial charge is 0.505 e. The van der Waals surface area contributed by atoms with Crippen LogP contribution in [0.25, 0.3) is 0 Å². The van der Waals surface area contributed by atoms with Crippen LogP contribution in [0.3, 0.4) is 0 Å². The van der Waals surface area contributed by atoms with Gasteiger partial charge in [0.05, 0.1) is 10.0 Å². The number of hydrogen-bond acceptors (Lipinski definition) is 4. The second-order valence-corrected chi connectivity index (χ2v) is 5.86. The zero-order valence-corrected chi connectivity index (χ0v) is 13.2. The van der Waals surface area contributed by atoms with E-state index in [1.54, 1.807) is 0 Å². The summed E-state index contributed by atoms with van der Waals surface area (Å²) in [5.41, 5.74) is -0.284. The number of phenolic OH excluding ortho intramolecular Hbond substituents is 2. The highest BCUT2D eigenvalue weighted by Gasteiger charge is 2.26. The summed E-state index contributed by atoms with van der Waals surface area (Å²) in [6, 6.07) is 1.47. The minimum atomic E-state index is -0.586. The standard InChI is InChI=1S/C14H18Cl2N2O3/c1-2-18-5-3-4-8(18)7-17-14(21)11-12(19)9(15)6-10(16)13(11)20/h6,8,19-20H,2-5,7H2,1H3,(H,17,21)/t8-/m0/s1. The van der Waals surface area contributed by atoms with Gasteiger partial charge in [-0.1, -0.05) is 30.1 Å². The first-order valence-corrected chi connectivity index (χ1v) is 7.63. The van der Waals surface area contributed by atoms with Crippen LogP contribution < -0.4 is 5.32 Å². The molecule has 0 bridgehead atoms. The van der Waals surface area contributed by atoms with E-state index < -0.39 is 17.4 Å². The molecule has 116 valence electrons. The molecule has 1 aromatic carbocycles. The number of carbonyl (C=O) groups is 1. The first kappa shape index (κ1) is 16.2. The number of amides is 1. The van der Waals surface area contributed by atoms with E-state index in [2.05, 4.69) is 17.1 Å². The van der Waals surface area contributed by atoms with Crippen molar-refractivity contribution in [3.05, 3.63) is 21.7 Å². The fraction of sp³-hybridized carbons (Fsp3) is 0.500. The van der Waals surface area contributed by atoms with E-state index in [0.717, 1.165) is 25.9 Å². The normalized spacial score (nSPS) is 18.9. The summed E-state index contributed by atoms with van der Waals surface area (Å²) >= 11 is 11.5. The fourth-order valence-corrected chi connectivity index (χ4v) is 3.12. The van der Waals surface area contributed by atoms with Crippen LogP contribution in [0.15, 0.2) is 6.07 Å². The SMILES string of the molecule is CCN1CCC[C@H]1CNC(=O)c1c(O)c(Cl)cc(Cl)c1O. The summed E-state index contributed by atoms with van der Waals surface area (Å²) < 4.78 is 0. The van der Waals surface area contributed by atoms with Gasteiger partial charge in [-0.2, -0.15) is 0 Å². The summed E-state index contributed by atoms with van der Waals surface area (Å²) in [4.78, 5) is 14.5. The Morgan fingerprint density at radius 1 is 1.38 bits per heavy atom. The quantitative estimate of drug-likeness (QED) is 0.792. The summed E-state index contributed by atoms with van der Waals surface area (Å²) in [5, 5.41) is 22.3. The van der Waals surface area contributed by atoms with Crippen LogP contribution in [0, 0.1) is 0 Å². The van der Waals surface area contributed by atoms with Gasteiger partial charge in [0.2, 0.25) is 0 Å². The number of phenols is 2. The zero-order chi connectivity index (χ0) is 15.6. The summed E-state index contributed by atoms with van der Waals surface area (Å²) in [7, 11) is 0. The average molecular weight is 333 g/mol. The predicted molar refractivity (Wildman–Crippen MR) is 82.4 cm³/mol. The minimum Gasteiger partial charge on any atom is -0.505 e. The molecule has 1 atom stereocenters. The van der Waals surface area contributed by atoms with Crippen molar-refractivity contribution >= 4 is 29.1 Å². The molecule has 0 aromatic heterocycles. The first-order valence-electron chi connectivity index (χ1n) is 6.87. The minimum absolute atomic E-state index is 0.0704. The highest BCUT2D eigenvalue weighted by molar-refractivity contribution is 6.37. The number of likely N-dealkylation sites (N-methyl/N-ethyl adjacent to an activating group) is 1. The molecule has 7 heteroatoms. The van der Waals surface area contributed by atoms with Crippen molar-refractivity contribution in [3.63, 3.8) is 0 Å². The van der Waals surface area contributed by atoms with Gasteiger partial charge in [-0.3, -0.25) is 9.69 Å². The Kier molecular flexibility index (Phi) is 5.19. The number of halogens is 2. The molecular formula is C14H18Cl2N2O3. The number of benzene rings is 1. The van der Waals surface area contributed by atoms with Crippen LogP contribution in [0.4, 0.5) is 0 Å². The third kappa shape index (κ3) is 3.36. The maximum Gasteiger partial charge on any atom is 0.259 e. The summed E-state index contributed by atoms with van der Waals surface area (Å²) in [6.45, 7) is 4.49. The lowest BCUT2D eigenvalue weighted by atomic mass is 10.1. The van der Waals surface area contributed by atoms with Gasteiger partial charge in [0.25, 0.3) is 5.91 Å². The molecule has 21 heavy (non-hydrogen) atoms. The topological polar surface area (TPSA) is 72.8 Å². The average Bonchev–Trinajstić information content (AvgIpc) is 2.90. The lowest BCUT2D eigenvalue weighted by molar-refractivity contribution is 0.0936. The molecule has 0 spiro atoms. The lowest BCUT2D eigenvalue weighted by Crippen LogP contribution is -2.40. The molecule has 2 rings (SSSR count). The van der Waals surface area contributed by atoms with Gasteiger partial charge in [-0.15, -0.1) is 0 Å². The molecule has 0 unspecified atom stereocenters. The first-order chi connectivity index (χ1) is 9.95. The molecule has 1 aliphatic rings. The van der Waals surface area contributed by atoms with Crippen LogP contribution in [0.2, 0.25) is 10.0 Å². The number of likely N-dealkylation sites (tertiary alicyclic amines) is 1. The van der Waals surface area contributed by atoms with Crippen molar-refractivity contribution in [2.75, 3.05) is 19.6 Å². The van der Waals surface area contributed by atoms with E-state index in [-0.39, 0.29) is 21.7 Å². The molecule has 1 amide bonds. The van der Waals surface area contributed by atoms with E-state index in [9.17, 15) is 15.0 Å². The Hall–Kier alpha value is -1.17. The van der Waals surface area contributed by atoms with Gasteiger partial charge in [-0.25, -0.2) is 0 Å². The highest BCUT2D eigenvalue weighted by atomic mass is 35.5. The van der Waals surface area contributed by atoms with E-state index >= 15 is 0 Å². The van der Waals surface area contributed by atoms with E-state index in [1.807, 2.05) is 0 Å². The molecule has 5 nitrogen and oxygen atoms in total. The van der Waals surface area contributed by atoms with E-state index in [1.165, 1.54) is 6.07 Å². The van der Waals surface area contributed by atoms with Crippen LogP contribution >= 0.6 is 23.2 Å². The van der Waals surface area contributed by atoms with Gasteiger partial charge in [0.1, 0.15) is 5.56 Å². The predicted octanol–water partition coefficient (Wildman–Crippen LogP) is 2.62. The van der Waals surface area contributed by atoms with Gasteiger partial charge in [0.15, 0.2) is 11.5 Å². The summed E-state index contributed by atoms with van der Waals surface area (Å²) in [6.07, 6.45) is 2.12. The second kappa shape index (κ2) is 6.73. The molecule has 1 aromatic rings. The molecule has 1 fully saturated rings. The monoisotopic (exact) mass is 332 g/mol. The second-order valence-electron chi connectivity index (χ2n) is 5.05. The van der Waals surface area contributed by atoms with Crippen LogP contribution in [0.5, 0.6) is 11.5 Å². The van der Waals surface area contributed by atoms with Crippen molar-refractivity contribution in [1.29, 1.82) is 0 Å². The third-order valence-corrected chi connectivity index (χ3v) is 4.39. The molecule has 3 N–H and O–H groups in total. The summed E-state index contributed by atoms with van der Waals surface area (Å²) in [5.74, 6) is -1.51. The molecule has 0 radical (unpaired) electrons. The Bertz CT molecular complexity index is 525. The number of carbonyl (C=O) groups excluding carboxylic acids is 1. The van der Waals surface area contributed by atoms with Crippen molar-refractivity contribution in [1.82, 2.24) is 10.2 Å². The molecule has 1 heterocycles. The van der Waals surface area contributed by atoms with Gasteiger partial charge < -0.3 is 15.5 Å². The van der Waals surface area contributed by atoms with Crippen LogP contribution in [0.1, 0.15) is 30.1 Å². The van der Waals surface area contributed by atoms with Gasteiger partial charge >= 0.3 is 0 Å². The Morgan fingerprint density at radius 2 is 2.00 bits per heavy atom. The number of rotatable bonds is 4. The molecular weight excluding hydrogens is 315 g/mol. The smallest absolute Gasteiger partial charge is 0.259 e. The van der Waals surface area contributed by atoms with Crippen molar-refractivity contribution in [3.8, 4) is 11.5 Å². The Labute approximate surface area is 133 Å². The van der Waals surface area contributed by atoms with Gasteiger partial charge in [-0.05, 0) is 32.0 Å². The number of aromatic hydroxyl groups is 2. The molecule has 1 saturated heterocycles. The lowest BCUT2D eigenvalue weighted by Gasteiger charge is -2.23. The maximum absolute atomic E-state index is 12.2. The van der Waals surface area contributed by atoms with Crippen molar-refractivity contribution in [2.24, 2.45) is 0 Å². The fourth-order valence-electron chi connectivity index (χ4n) is 2.66. The highest BCUT2D eigenvalue weighted by Crippen LogP contribution is 2.39. The molecule has 0 saturated carbocycles. The van der Waals surface area contributed by atoms with Crippen molar-refractivity contribution in [2.45, 2.75) is 25.8 Å². The number of nitrogens with zero attached hydrogens (tertiary/aromatic N) is 1. The molecule has 0 aliphatic carbocycles. The van der Waals surface area contributed by atoms with Crippen molar-refractivity contribution < 1.29 is 15.0 Å². The van der Waals surface area contributed by atoms with Crippen LogP contribution in [-0.4, -0.2) is 46.7 Å². The van der Waals surface area contributed by atoms with Crippen LogP contribution in [-0.2, 0) is 0 Å².